The number of amides is 2. The molecule has 1 aromatic carbocycles. The molecule has 0 saturated carbocycles. The summed E-state index contributed by atoms with van der Waals surface area (Å²) >= 11 is 1.46. The van der Waals surface area contributed by atoms with Gasteiger partial charge in [-0.3, -0.25) is 9.59 Å². The van der Waals surface area contributed by atoms with Gasteiger partial charge in [-0.15, -0.1) is 11.3 Å². The predicted molar refractivity (Wildman–Crippen MR) is 115 cm³/mol. The molecule has 0 bridgehead atoms. The maximum absolute atomic E-state index is 12.9. The van der Waals surface area contributed by atoms with E-state index in [0.717, 1.165) is 29.7 Å². The van der Waals surface area contributed by atoms with Crippen LogP contribution in [0.15, 0.2) is 18.2 Å². The molecular formula is C22H28N2O4S. The normalized spacial score (nSPS) is 16.1. The van der Waals surface area contributed by atoms with Crippen LogP contribution < -0.4 is 20.5 Å². The van der Waals surface area contributed by atoms with E-state index in [1.807, 2.05) is 0 Å². The molecule has 3 rings (SSSR count). The second-order valence-electron chi connectivity index (χ2n) is 8.40. The SMILES string of the molecule is COc1ccc(C(=O)Nc2sc3c(c2C(N)=O)CC[C@@H](C(C)(C)C)C3)c(OC)c1. The molecule has 156 valence electrons. The van der Waals surface area contributed by atoms with Crippen LogP contribution in [0.4, 0.5) is 5.00 Å². The van der Waals surface area contributed by atoms with Crippen molar-refractivity contribution < 1.29 is 19.1 Å². The van der Waals surface area contributed by atoms with Gasteiger partial charge in [0.2, 0.25) is 0 Å². The van der Waals surface area contributed by atoms with Gasteiger partial charge in [-0.1, -0.05) is 20.8 Å². The lowest BCUT2D eigenvalue weighted by Gasteiger charge is -2.33. The second-order valence-corrected chi connectivity index (χ2v) is 9.50. The number of carbonyl (C=O) groups excluding carboxylic acids is 2. The summed E-state index contributed by atoms with van der Waals surface area (Å²) in [6, 6.07) is 4.98. The summed E-state index contributed by atoms with van der Waals surface area (Å²) < 4.78 is 10.5. The van der Waals surface area contributed by atoms with E-state index in [2.05, 4.69) is 26.1 Å². The summed E-state index contributed by atoms with van der Waals surface area (Å²) in [5.41, 5.74) is 7.67. The number of nitrogens with one attached hydrogen (secondary N) is 1. The van der Waals surface area contributed by atoms with Crippen molar-refractivity contribution in [2.24, 2.45) is 17.1 Å². The Kier molecular flexibility index (Phi) is 5.89. The Morgan fingerprint density at radius 3 is 2.52 bits per heavy atom. The van der Waals surface area contributed by atoms with Crippen molar-refractivity contribution >= 4 is 28.2 Å². The largest absolute Gasteiger partial charge is 0.497 e. The topological polar surface area (TPSA) is 90.6 Å². The van der Waals surface area contributed by atoms with Gasteiger partial charge in [0.1, 0.15) is 16.5 Å². The van der Waals surface area contributed by atoms with Crippen molar-refractivity contribution in [2.45, 2.75) is 40.0 Å². The van der Waals surface area contributed by atoms with Crippen LogP contribution in [0.5, 0.6) is 11.5 Å². The van der Waals surface area contributed by atoms with Crippen LogP contribution in [0, 0.1) is 11.3 Å². The maximum Gasteiger partial charge on any atom is 0.260 e. The number of ether oxygens (including phenoxy) is 2. The molecule has 3 N–H and O–H groups in total. The number of nitrogens with two attached hydrogens (primary N) is 1. The third-order valence-corrected chi connectivity index (χ3v) is 6.79. The standard InChI is InChI=1S/C22H28N2O4S/c1-22(2,3)12-6-8-15-17(10-12)29-21(18(15)19(23)25)24-20(26)14-9-7-13(27-4)11-16(14)28-5/h7,9,11-12H,6,8,10H2,1-5H3,(H2,23,25)(H,24,26)/t12-/m1/s1. The van der Waals surface area contributed by atoms with E-state index in [1.165, 1.54) is 18.4 Å². The molecule has 1 aromatic heterocycles. The van der Waals surface area contributed by atoms with Gasteiger partial charge in [0.05, 0.1) is 25.3 Å². The number of hydrogen-bond acceptors (Lipinski definition) is 5. The van der Waals surface area contributed by atoms with Crippen LogP contribution in [-0.2, 0) is 12.8 Å². The van der Waals surface area contributed by atoms with E-state index in [9.17, 15) is 9.59 Å². The molecule has 0 fully saturated rings. The third kappa shape index (κ3) is 4.24. The molecule has 0 aliphatic heterocycles. The van der Waals surface area contributed by atoms with Gasteiger partial charge in [-0.05, 0) is 48.3 Å². The van der Waals surface area contributed by atoms with Crippen molar-refractivity contribution in [1.82, 2.24) is 0 Å². The first-order valence-corrected chi connectivity index (χ1v) is 10.4. The monoisotopic (exact) mass is 416 g/mol. The van der Waals surface area contributed by atoms with Crippen LogP contribution in [0.1, 0.15) is 58.3 Å². The number of anilines is 1. The average molecular weight is 417 g/mol. The molecule has 1 aliphatic carbocycles. The Bertz CT molecular complexity index is 943. The van der Waals surface area contributed by atoms with E-state index in [0.29, 0.717) is 33.5 Å². The molecule has 0 unspecified atom stereocenters. The first kappa shape index (κ1) is 21.2. The first-order chi connectivity index (χ1) is 13.7. The molecule has 1 heterocycles. The smallest absolute Gasteiger partial charge is 0.260 e. The quantitative estimate of drug-likeness (QED) is 0.762. The summed E-state index contributed by atoms with van der Waals surface area (Å²) in [4.78, 5) is 26.3. The minimum Gasteiger partial charge on any atom is -0.497 e. The molecule has 1 atom stereocenters. The van der Waals surface area contributed by atoms with E-state index < -0.39 is 5.91 Å². The van der Waals surface area contributed by atoms with E-state index >= 15 is 0 Å². The van der Waals surface area contributed by atoms with Crippen LogP contribution in [0.2, 0.25) is 0 Å². The van der Waals surface area contributed by atoms with Gasteiger partial charge in [-0.2, -0.15) is 0 Å². The zero-order valence-corrected chi connectivity index (χ0v) is 18.4. The van der Waals surface area contributed by atoms with Crippen molar-refractivity contribution in [2.75, 3.05) is 19.5 Å². The minimum atomic E-state index is -0.506. The van der Waals surface area contributed by atoms with Gasteiger partial charge in [-0.25, -0.2) is 0 Å². The molecule has 29 heavy (non-hydrogen) atoms. The van der Waals surface area contributed by atoms with Crippen LogP contribution in [0.3, 0.4) is 0 Å². The van der Waals surface area contributed by atoms with Crippen molar-refractivity contribution in [3.8, 4) is 11.5 Å². The molecule has 0 radical (unpaired) electrons. The number of benzene rings is 1. The number of primary amides is 1. The molecule has 6 nitrogen and oxygen atoms in total. The number of carbonyl (C=O) groups is 2. The fraction of sp³-hybridized carbons (Fsp3) is 0.455. The molecule has 0 spiro atoms. The fourth-order valence-electron chi connectivity index (χ4n) is 3.83. The average Bonchev–Trinajstić information content (AvgIpc) is 3.03. The fourth-order valence-corrected chi connectivity index (χ4v) is 5.16. The lowest BCUT2D eigenvalue weighted by molar-refractivity contribution is 0.1000. The minimum absolute atomic E-state index is 0.189. The van der Waals surface area contributed by atoms with E-state index in [-0.39, 0.29) is 11.3 Å². The number of thiophene rings is 1. The van der Waals surface area contributed by atoms with Crippen molar-refractivity contribution in [3.63, 3.8) is 0 Å². The molecule has 1 aliphatic rings. The summed E-state index contributed by atoms with van der Waals surface area (Å²) in [6.45, 7) is 6.72. The summed E-state index contributed by atoms with van der Waals surface area (Å²) in [5.74, 6) is 0.666. The van der Waals surface area contributed by atoms with Crippen molar-refractivity contribution in [1.29, 1.82) is 0 Å². The van der Waals surface area contributed by atoms with E-state index in [1.54, 1.807) is 25.3 Å². The van der Waals surface area contributed by atoms with Crippen molar-refractivity contribution in [3.05, 3.63) is 39.8 Å². The van der Waals surface area contributed by atoms with Gasteiger partial charge in [0, 0.05) is 10.9 Å². The summed E-state index contributed by atoms with van der Waals surface area (Å²) in [7, 11) is 3.05. The summed E-state index contributed by atoms with van der Waals surface area (Å²) in [6.07, 6.45) is 2.70. The zero-order valence-electron chi connectivity index (χ0n) is 17.5. The lowest BCUT2D eigenvalue weighted by Crippen LogP contribution is -2.27. The Balaban J connectivity index is 1.93. The molecule has 2 amide bonds. The highest BCUT2D eigenvalue weighted by Crippen LogP contribution is 2.44. The first-order valence-electron chi connectivity index (χ1n) is 9.63. The number of fused-ring (bicyclic) bond motifs is 1. The molecule has 2 aromatic rings. The predicted octanol–water partition coefficient (Wildman–Crippen LogP) is 4.27. The Morgan fingerprint density at radius 1 is 1.21 bits per heavy atom. The zero-order chi connectivity index (χ0) is 21.3. The Morgan fingerprint density at radius 2 is 1.93 bits per heavy atom. The van der Waals surface area contributed by atoms with Crippen LogP contribution >= 0.6 is 11.3 Å². The highest BCUT2D eigenvalue weighted by atomic mass is 32.1. The van der Waals surface area contributed by atoms with E-state index in [4.69, 9.17) is 15.2 Å². The Hall–Kier alpha value is -2.54. The molecule has 7 heteroatoms. The Labute approximate surface area is 175 Å². The van der Waals surface area contributed by atoms with Crippen LogP contribution in [0.25, 0.3) is 0 Å². The number of rotatable bonds is 5. The van der Waals surface area contributed by atoms with Gasteiger partial charge < -0.3 is 20.5 Å². The second kappa shape index (κ2) is 8.06. The number of hydrogen-bond donors (Lipinski definition) is 2. The van der Waals surface area contributed by atoms with Gasteiger partial charge >= 0.3 is 0 Å². The maximum atomic E-state index is 12.9. The lowest BCUT2D eigenvalue weighted by atomic mass is 9.72. The number of methoxy groups -OCH3 is 2. The van der Waals surface area contributed by atoms with Gasteiger partial charge in [0.25, 0.3) is 11.8 Å². The summed E-state index contributed by atoms with van der Waals surface area (Å²) in [5, 5.41) is 3.40. The third-order valence-electron chi connectivity index (χ3n) is 5.62. The van der Waals surface area contributed by atoms with Crippen LogP contribution in [-0.4, -0.2) is 26.0 Å². The van der Waals surface area contributed by atoms with Gasteiger partial charge in [0.15, 0.2) is 0 Å². The highest BCUT2D eigenvalue weighted by Gasteiger charge is 2.33. The molecule has 0 saturated heterocycles. The molecular weight excluding hydrogens is 388 g/mol. The highest BCUT2D eigenvalue weighted by molar-refractivity contribution is 7.17.